The highest BCUT2D eigenvalue weighted by Gasteiger charge is 2.13. The van der Waals surface area contributed by atoms with Crippen molar-refractivity contribution in [1.29, 1.82) is 0 Å². The summed E-state index contributed by atoms with van der Waals surface area (Å²) in [5.41, 5.74) is 6.47. The van der Waals surface area contributed by atoms with E-state index in [1.54, 1.807) is 44.2 Å². The summed E-state index contributed by atoms with van der Waals surface area (Å²) >= 11 is 0. The molecule has 0 aliphatic carbocycles. The molecule has 42 heavy (non-hydrogen) atoms. The molecule has 10 nitrogen and oxygen atoms in total. The van der Waals surface area contributed by atoms with Crippen molar-refractivity contribution < 1.29 is 33.0 Å². The number of amides is 1. The first-order chi connectivity index (χ1) is 20.2. The SMILES string of the molecule is CCOc1cc(/C=N/NC(=O)c2ccc(COc3ccc(-n4c(C)ccc4C)cc3)o2)ccc1OCC(=O)OC(C)C. The number of benzene rings is 2. The second kappa shape index (κ2) is 14.1. The lowest BCUT2D eigenvalue weighted by Crippen LogP contribution is -2.19. The highest BCUT2D eigenvalue weighted by atomic mass is 16.6. The maximum Gasteiger partial charge on any atom is 0.344 e. The molecule has 220 valence electrons. The molecular weight excluding hydrogens is 538 g/mol. The van der Waals surface area contributed by atoms with Gasteiger partial charge in [-0.05, 0) is 107 Å². The molecule has 2 heterocycles. The zero-order chi connectivity index (χ0) is 30.1. The monoisotopic (exact) mass is 573 g/mol. The fourth-order valence-electron chi connectivity index (χ4n) is 4.15. The summed E-state index contributed by atoms with van der Waals surface area (Å²) in [6.07, 6.45) is 1.24. The van der Waals surface area contributed by atoms with Crippen molar-refractivity contribution in [3.8, 4) is 22.9 Å². The van der Waals surface area contributed by atoms with Crippen LogP contribution in [0.1, 0.15) is 54.0 Å². The van der Waals surface area contributed by atoms with E-state index >= 15 is 0 Å². The highest BCUT2D eigenvalue weighted by Crippen LogP contribution is 2.28. The number of hydrogen-bond donors (Lipinski definition) is 1. The maximum atomic E-state index is 12.5. The number of rotatable bonds is 13. The van der Waals surface area contributed by atoms with Gasteiger partial charge in [0.1, 0.15) is 18.1 Å². The van der Waals surface area contributed by atoms with Crippen molar-refractivity contribution in [3.05, 3.63) is 95.2 Å². The lowest BCUT2D eigenvalue weighted by atomic mass is 10.2. The summed E-state index contributed by atoms with van der Waals surface area (Å²) < 4.78 is 29.9. The van der Waals surface area contributed by atoms with E-state index in [-0.39, 0.29) is 25.1 Å². The van der Waals surface area contributed by atoms with Crippen molar-refractivity contribution in [2.24, 2.45) is 5.10 Å². The fraction of sp³-hybridized carbons (Fsp3) is 0.281. The minimum atomic E-state index is -0.507. The number of carbonyl (C=O) groups excluding carboxylic acids is 2. The van der Waals surface area contributed by atoms with Gasteiger partial charge >= 0.3 is 11.9 Å². The third-order valence-electron chi connectivity index (χ3n) is 5.99. The number of furan rings is 1. The number of aryl methyl sites for hydroxylation is 2. The van der Waals surface area contributed by atoms with E-state index in [4.69, 9.17) is 23.4 Å². The first-order valence-corrected chi connectivity index (χ1v) is 13.6. The Kier molecular flexibility index (Phi) is 10.0. The van der Waals surface area contributed by atoms with Gasteiger partial charge in [0.25, 0.3) is 0 Å². The quantitative estimate of drug-likeness (QED) is 0.123. The van der Waals surface area contributed by atoms with Gasteiger partial charge in [0, 0.05) is 17.1 Å². The van der Waals surface area contributed by atoms with Gasteiger partial charge in [-0.3, -0.25) is 4.79 Å². The van der Waals surface area contributed by atoms with E-state index in [1.165, 1.54) is 6.21 Å². The van der Waals surface area contributed by atoms with Crippen molar-refractivity contribution in [1.82, 2.24) is 9.99 Å². The molecule has 2 aromatic heterocycles. The Morgan fingerprint density at radius 1 is 0.929 bits per heavy atom. The lowest BCUT2D eigenvalue weighted by molar-refractivity contribution is -0.149. The van der Waals surface area contributed by atoms with Crippen LogP contribution in [-0.2, 0) is 16.1 Å². The first kappa shape index (κ1) is 30.0. The van der Waals surface area contributed by atoms with E-state index in [9.17, 15) is 9.59 Å². The van der Waals surface area contributed by atoms with E-state index in [0.717, 1.165) is 17.1 Å². The van der Waals surface area contributed by atoms with Crippen LogP contribution in [0.25, 0.3) is 5.69 Å². The van der Waals surface area contributed by atoms with Gasteiger partial charge in [-0.15, -0.1) is 0 Å². The van der Waals surface area contributed by atoms with E-state index in [2.05, 4.69) is 41.1 Å². The molecule has 0 bridgehead atoms. The summed E-state index contributed by atoms with van der Waals surface area (Å²) in [6, 6.07) is 20.3. The Hall–Kier alpha value is -4.99. The summed E-state index contributed by atoms with van der Waals surface area (Å²) in [7, 11) is 0. The normalized spacial score (nSPS) is 11.1. The Labute approximate surface area is 244 Å². The Bertz CT molecular complexity index is 1510. The number of esters is 1. The molecule has 0 unspecified atom stereocenters. The predicted molar refractivity (Wildman–Crippen MR) is 158 cm³/mol. The van der Waals surface area contributed by atoms with Gasteiger partial charge in [0.05, 0.1) is 18.9 Å². The highest BCUT2D eigenvalue weighted by molar-refractivity contribution is 5.92. The van der Waals surface area contributed by atoms with Crippen LogP contribution in [0.2, 0.25) is 0 Å². The minimum absolute atomic E-state index is 0.103. The maximum absolute atomic E-state index is 12.5. The van der Waals surface area contributed by atoms with Crippen molar-refractivity contribution in [2.45, 2.75) is 47.3 Å². The third kappa shape index (κ3) is 8.03. The predicted octanol–water partition coefficient (Wildman–Crippen LogP) is 5.76. The van der Waals surface area contributed by atoms with Gasteiger partial charge < -0.3 is 27.9 Å². The largest absolute Gasteiger partial charge is 0.490 e. The molecule has 1 N–H and O–H groups in total. The van der Waals surface area contributed by atoms with E-state index in [1.807, 2.05) is 31.2 Å². The lowest BCUT2D eigenvalue weighted by Gasteiger charge is -2.13. The van der Waals surface area contributed by atoms with Crippen LogP contribution >= 0.6 is 0 Å². The number of hydrazone groups is 1. The molecule has 0 saturated carbocycles. The third-order valence-corrected chi connectivity index (χ3v) is 5.99. The second-order valence-electron chi connectivity index (χ2n) is 9.67. The van der Waals surface area contributed by atoms with Gasteiger partial charge in [-0.1, -0.05) is 0 Å². The summed E-state index contributed by atoms with van der Waals surface area (Å²) in [6.45, 7) is 9.83. The van der Waals surface area contributed by atoms with Crippen LogP contribution in [0.3, 0.4) is 0 Å². The minimum Gasteiger partial charge on any atom is -0.490 e. The van der Waals surface area contributed by atoms with Gasteiger partial charge in [0.15, 0.2) is 23.9 Å². The molecule has 4 aromatic rings. The molecule has 0 aliphatic heterocycles. The topological polar surface area (TPSA) is 114 Å². The van der Waals surface area contributed by atoms with Gasteiger partial charge in [-0.2, -0.15) is 5.10 Å². The molecule has 4 rings (SSSR count). The Morgan fingerprint density at radius 3 is 2.36 bits per heavy atom. The van der Waals surface area contributed by atoms with Crippen LogP contribution in [-0.4, -0.2) is 42.0 Å². The summed E-state index contributed by atoms with van der Waals surface area (Å²) in [5, 5.41) is 4.01. The number of nitrogens with zero attached hydrogens (tertiary/aromatic N) is 2. The molecule has 0 saturated heterocycles. The van der Waals surface area contributed by atoms with Crippen LogP contribution in [0.15, 0.2) is 76.2 Å². The number of carbonyl (C=O) groups is 2. The number of aromatic nitrogens is 1. The summed E-state index contributed by atoms with van der Waals surface area (Å²) in [4.78, 5) is 24.3. The number of nitrogens with one attached hydrogen (secondary N) is 1. The Balaban J connectivity index is 1.29. The zero-order valence-corrected chi connectivity index (χ0v) is 24.4. The fourth-order valence-corrected chi connectivity index (χ4v) is 4.15. The van der Waals surface area contributed by atoms with E-state index in [0.29, 0.717) is 35.2 Å². The average molecular weight is 574 g/mol. The molecule has 0 aliphatic rings. The average Bonchev–Trinajstić information content (AvgIpc) is 3.57. The molecule has 0 radical (unpaired) electrons. The molecule has 0 atom stereocenters. The standard InChI is InChI=1S/C32H35N3O7/c1-6-38-30-17-24(9-15-28(30)40-20-31(36)41-21(2)3)18-33-34-32(37)29-16-14-27(42-29)19-39-26-12-10-25(11-13-26)35-22(4)7-8-23(35)5/h7-18,21H,6,19-20H2,1-5H3,(H,34,37)/b33-18+. The molecule has 0 fully saturated rings. The summed E-state index contributed by atoms with van der Waals surface area (Å²) in [5.74, 6) is 1.14. The molecule has 1 amide bonds. The van der Waals surface area contributed by atoms with Crippen LogP contribution in [0.4, 0.5) is 0 Å². The molecular formula is C32H35N3O7. The molecule has 2 aromatic carbocycles. The van der Waals surface area contributed by atoms with Gasteiger partial charge in [-0.25, -0.2) is 10.2 Å². The molecule has 10 heteroatoms. The second-order valence-corrected chi connectivity index (χ2v) is 9.67. The zero-order valence-electron chi connectivity index (χ0n) is 24.4. The van der Waals surface area contributed by atoms with Crippen LogP contribution in [0.5, 0.6) is 17.2 Å². The number of ether oxygens (including phenoxy) is 4. The van der Waals surface area contributed by atoms with E-state index < -0.39 is 11.9 Å². The smallest absolute Gasteiger partial charge is 0.344 e. The number of hydrogen-bond acceptors (Lipinski definition) is 8. The van der Waals surface area contributed by atoms with Crippen LogP contribution in [0, 0.1) is 13.8 Å². The first-order valence-electron chi connectivity index (χ1n) is 13.6. The van der Waals surface area contributed by atoms with Crippen molar-refractivity contribution >= 4 is 18.1 Å². The van der Waals surface area contributed by atoms with Crippen molar-refractivity contribution in [2.75, 3.05) is 13.2 Å². The van der Waals surface area contributed by atoms with Crippen molar-refractivity contribution in [3.63, 3.8) is 0 Å². The molecule has 0 spiro atoms. The Morgan fingerprint density at radius 2 is 1.67 bits per heavy atom. The van der Waals surface area contributed by atoms with Gasteiger partial charge in [0.2, 0.25) is 0 Å². The van der Waals surface area contributed by atoms with Crippen LogP contribution < -0.4 is 19.6 Å².